The molecule has 110 valence electrons. The number of aliphatic carboxylic acids is 1. The summed E-state index contributed by atoms with van der Waals surface area (Å²) in [5.74, 6) is -2.55. The fourth-order valence-electron chi connectivity index (χ4n) is 2.98. The Balaban J connectivity index is 2.22. The van der Waals surface area contributed by atoms with Crippen molar-refractivity contribution in [2.45, 2.75) is 44.7 Å². The number of likely N-dealkylation sites (tertiary alicyclic amines) is 1. The lowest BCUT2D eigenvalue weighted by Crippen LogP contribution is -2.42. The lowest BCUT2D eigenvalue weighted by atomic mass is 9.95. The Morgan fingerprint density at radius 2 is 2.20 bits per heavy atom. The largest absolute Gasteiger partial charge is 0.481 e. The van der Waals surface area contributed by atoms with Crippen molar-refractivity contribution in [2.75, 3.05) is 6.54 Å². The molecule has 1 aliphatic heterocycles. The Bertz CT molecular complexity index is 493. The smallest absolute Gasteiger partial charge is 0.304 e. The number of rotatable bonds is 4. The molecule has 0 aliphatic carbocycles. The predicted molar refractivity (Wildman–Crippen MR) is 71.4 cm³/mol. The number of nitrogens with zero attached hydrogens (tertiary/aromatic N) is 1. The van der Waals surface area contributed by atoms with E-state index >= 15 is 0 Å². The number of hydrogen-bond donors (Lipinski definition) is 1. The highest BCUT2D eigenvalue weighted by Crippen LogP contribution is 2.31. The van der Waals surface area contributed by atoms with Gasteiger partial charge in [0.1, 0.15) is 0 Å². The van der Waals surface area contributed by atoms with E-state index in [9.17, 15) is 13.6 Å². The Morgan fingerprint density at radius 3 is 2.90 bits per heavy atom. The molecular formula is C15H19F2NO2. The first-order chi connectivity index (χ1) is 9.50. The third-order valence-electron chi connectivity index (χ3n) is 4.01. The van der Waals surface area contributed by atoms with Gasteiger partial charge in [0, 0.05) is 17.6 Å². The highest BCUT2D eigenvalue weighted by atomic mass is 19.2. The molecule has 2 atom stereocenters. The van der Waals surface area contributed by atoms with Crippen molar-refractivity contribution in [1.82, 2.24) is 4.90 Å². The van der Waals surface area contributed by atoms with E-state index < -0.39 is 17.6 Å². The molecule has 0 amide bonds. The van der Waals surface area contributed by atoms with E-state index in [1.165, 1.54) is 6.07 Å². The molecule has 0 saturated carbocycles. The molecule has 5 heteroatoms. The van der Waals surface area contributed by atoms with Crippen LogP contribution in [0.25, 0.3) is 0 Å². The Morgan fingerprint density at radius 1 is 1.45 bits per heavy atom. The molecule has 1 aromatic rings. The molecule has 1 N–H and O–H groups in total. The van der Waals surface area contributed by atoms with Crippen LogP contribution in [0.5, 0.6) is 0 Å². The maximum atomic E-state index is 13.9. The maximum Gasteiger partial charge on any atom is 0.304 e. The van der Waals surface area contributed by atoms with E-state index in [0.29, 0.717) is 5.56 Å². The van der Waals surface area contributed by atoms with E-state index in [4.69, 9.17) is 5.11 Å². The van der Waals surface area contributed by atoms with E-state index in [0.717, 1.165) is 31.9 Å². The van der Waals surface area contributed by atoms with Crippen LogP contribution in [0.2, 0.25) is 0 Å². The summed E-state index contributed by atoms with van der Waals surface area (Å²) in [6.07, 6.45) is 2.76. The van der Waals surface area contributed by atoms with Crippen molar-refractivity contribution in [1.29, 1.82) is 0 Å². The third-order valence-corrected chi connectivity index (χ3v) is 4.01. The van der Waals surface area contributed by atoms with Crippen LogP contribution in [0.4, 0.5) is 8.78 Å². The molecule has 3 nitrogen and oxygen atoms in total. The summed E-state index contributed by atoms with van der Waals surface area (Å²) >= 11 is 0. The van der Waals surface area contributed by atoms with Crippen LogP contribution in [-0.2, 0) is 4.79 Å². The molecule has 1 saturated heterocycles. The van der Waals surface area contributed by atoms with Gasteiger partial charge < -0.3 is 5.11 Å². The fraction of sp³-hybridized carbons (Fsp3) is 0.533. The van der Waals surface area contributed by atoms with Crippen LogP contribution in [0.3, 0.4) is 0 Å². The second-order valence-electron chi connectivity index (χ2n) is 5.30. The first kappa shape index (κ1) is 14.9. The van der Waals surface area contributed by atoms with Gasteiger partial charge in [-0.15, -0.1) is 0 Å². The van der Waals surface area contributed by atoms with Crippen molar-refractivity contribution in [3.63, 3.8) is 0 Å². The summed E-state index contributed by atoms with van der Waals surface area (Å²) in [7, 11) is 0. The first-order valence-electron chi connectivity index (χ1n) is 6.92. The second kappa shape index (κ2) is 6.31. The van der Waals surface area contributed by atoms with Gasteiger partial charge in [-0.25, -0.2) is 8.78 Å². The van der Waals surface area contributed by atoms with E-state index in [2.05, 4.69) is 0 Å². The molecule has 2 rings (SSSR count). The molecule has 20 heavy (non-hydrogen) atoms. The van der Waals surface area contributed by atoms with Crippen LogP contribution in [0, 0.1) is 11.6 Å². The summed E-state index contributed by atoms with van der Waals surface area (Å²) in [6.45, 7) is 2.52. The summed E-state index contributed by atoms with van der Waals surface area (Å²) in [5.41, 5.74) is 0.294. The van der Waals surface area contributed by atoms with Crippen LogP contribution >= 0.6 is 0 Å². The summed E-state index contributed by atoms with van der Waals surface area (Å²) in [5, 5.41) is 8.97. The number of piperidine rings is 1. The molecule has 0 radical (unpaired) electrons. The van der Waals surface area contributed by atoms with Crippen molar-refractivity contribution in [3.05, 3.63) is 35.4 Å². The fourth-order valence-corrected chi connectivity index (χ4v) is 2.98. The minimum Gasteiger partial charge on any atom is -0.481 e. The number of carbonyl (C=O) groups is 1. The maximum absolute atomic E-state index is 13.9. The summed E-state index contributed by atoms with van der Waals surface area (Å²) in [4.78, 5) is 12.9. The first-order valence-corrected chi connectivity index (χ1v) is 6.92. The van der Waals surface area contributed by atoms with E-state index in [-0.39, 0.29) is 18.5 Å². The van der Waals surface area contributed by atoms with Gasteiger partial charge >= 0.3 is 5.97 Å². The van der Waals surface area contributed by atoms with E-state index in [1.54, 1.807) is 13.0 Å². The van der Waals surface area contributed by atoms with Crippen molar-refractivity contribution >= 4 is 5.97 Å². The number of halogens is 2. The highest BCUT2D eigenvalue weighted by Gasteiger charge is 2.30. The average molecular weight is 283 g/mol. The van der Waals surface area contributed by atoms with Gasteiger partial charge in [0.05, 0.1) is 6.42 Å². The van der Waals surface area contributed by atoms with Gasteiger partial charge in [-0.3, -0.25) is 9.69 Å². The average Bonchev–Trinajstić information content (AvgIpc) is 2.41. The third kappa shape index (κ3) is 3.15. The van der Waals surface area contributed by atoms with Gasteiger partial charge in [-0.05, 0) is 32.4 Å². The minimum atomic E-state index is -0.860. The second-order valence-corrected chi connectivity index (χ2v) is 5.30. The van der Waals surface area contributed by atoms with Crippen LogP contribution < -0.4 is 0 Å². The van der Waals surface area contributed by atoms with Gasteiger partial charge in [0.15, 0.2) is 11.6 Å². The van der Waals surface area contributed by atoms with Crippen molar-refractivity contribution in [3.8, 4) is 0 Å². The zero-order valence-electron chi connectivity index (χ0n) is 11.5. The normalized spacial score (nSPS) is 21.6. The zero-order chi connectivity index (χ0) is 14.7. The molecule has 1 heterocycles. The lowest BCUT2D eigenvalue weighted by molar-refractivity contribution is -0.139. The quantitative estimate of drug-likeness (QED) is 0.921. The standard InChI is InChI=1S/C15H19F2NO2/c1-10(12-6-4-7-13(16)15(12)17)18-8-3-2-5-11(18)9-14(19)20/h4,6-7,10-11H,2-3,5,8-9H2,1H3,(H,19,20). The molecule has 1 aliphatic rings. The van der Waals surface area contributed by atoms with Gasteiger partial charge in [-0.2, -0.15) is 0 Å². The minimum absolute atomic E-state index is 0.0429. The summed E-state index contributed by atoms with van der Waals surface area (Å²) < 4.78 is 27.2. The van der Waals surface area contributed by atoms with Crippen LogP contribution in [0.1, 0.15) is 44.2 Å². The lowest BCUT2D eigenvalue weighted by Gasteiger charge is -2.39. The Hall–Kier alpha value is -1.49. The molecular weight excluding hydrogens is 264 g/mol. The number of benzene rings is 1. The van der Waals surface area contributed by atoms with Gasteiger partial charge in [0.25, 0.3) is 0 Å². The molecule has 0 bridgehead atoms. The molecule has 2 unspecified atom stereocenters. The zero-order valence-corrected chi connectivity index (χ0v) is 11.5. The molecule has 1 fully saturated rings. The van der Waals surface area contributed by atoms with Crippen molar-refractivity contribution < 1.29 is 18.7 Å². The van der Waals surface area contributed by atoms with Crippen LogP contribution in [-0.4, -0.2) is 28.6 Å². The Labute approximate surface area is 117 Å². The number of carboxylic acids is 1. The summed E-state index contributed by atoms with van der Waals surface area (Å²) in [6, 6.07) is 3.71. The number of hydrogen-bond acceptors (Lipinski definition) is 2. The van der Waals surface area contributed by atoms with Crippen LogP contribution in [0.15, 0.2) is 18.2 Å². The van der Waals surface area contributed by atoms with Gasteiger partial charge in [-0.1, -0.05) is 18.6 Å². The molecule has 0 aromatic heterocycles. The van der Waals surface area contributed by atoms with Crippen molar-refractivity contribution in [2.24, 2.45) is 0 Å². The number of carboxylic acid groups (broad SMARTS) is 1. The monoisotopic (exact) mass is 283 g/mol. The topological polar surface area (TPSA) is 40.5 Å². The SMILES string of the molecule is CC(c1cccc(F)c1F)N1CCCCC1CC(=O)O. The highest BCUT2D eigenvalue weighted by molar-refractivity contribution is 5.67. The predicted octanol–water partition coefficient (Wildman–Crippen LogP) is 3.36. The van der Waals surface area contributed by atoms with Gasteiger partial charge in [0.2, 0.25) is 0 Å². The van der Waals surface area contributed by atoms with E-state index in [1.807, 2.05) is 4.90 Å². The molecule has 0 spiro atoms. The molecule has 1 aromatic carbocycles. The Kier molecular flexibility index (Phi) is 4.70.